The van der Waals surface area contributed by atoms with Gasteiger partial charge in [-0.2, -0.15) is 0 Å². The summed E-state index contributed by atoms with van der Waals surface area (Å²) >= 11 is 8.23. The van der Waals surface area contributed by atoms with Crippen LogP contribution >= 0.6 is 37.5 Å². The number of hydrogen-bond donors (Lipinski definition) is 0. The topological polar surface area (TPSA) is 0 Å². The smallest absolute Gasteiger partial charge is 0.280 e. The second-order valence-electron chi connectivity index (χ2n) is 6.44. The summed E-state index contributed by atoms with van der Waals surface area (Å²) in [5.74, 6) is 0. The first-order valence-electron chi connectivity index (χ1n) is 6.30. The highest BCUT2D eigenvalue weighted by Gasteiger charge is 2.21. The fraction of sp³-hybridized carbons (Fsp3) is 0.600. The predicted molar refractivity (Wildman–Crippen MR) is 98.1 cm³/mol. The average molecular weight is 420 g/mol. The Morgan fingerprint density at radius 2 is 1.53 bits per heavy atom. The van der Waals surface area contributed by atoms with Gasteiger partial charge in [-0.3, -0.25) is 25.8 Å². The van der Waals surface area contributed by atoms with E-state index in [1.807, 2.05) is 0 Å². The van der Waals surface area contributed by atoms with Gasteiger partial charge in [-0.25, -0.2) is 0 Å². The van der Waals surface area contributed by atoms with Gasteiger partial charge in [0, 0.05) is 4.90 Å². The van der Waals surface area contributed by atoms with Crippen molar-refractivity contribution in [1.29, 1.82) is 0 Å². The number of rotatable bonds is 1. The third-order valence-corrected chi connectivity index (χ3v) is 3.53. The molecule has 0 fully saturated rings. The van der Waals surface area contributed by atoms with Crippen LogP contribution in [-0.2, 0) is 10.8 Å². The molecule has 0 nitrogen and oxygen atoms in total. The maximum absolute atomic E-state index is 3.43. The molecule has 0 N–H and O–H groups in total. The van der Waals surface area contributed by atoms with Crippen LogP contribution in [-0.4, -0.2) is 22.3 Å². The molecule has 0 spiro atoms. The van der Waals surface area contributed by atoms with Crippen LogP contribution in [0.15, 0.2) is 17.0 Å². The Bertz CT molecular complexity index is 392. The lowest BCUT2D eigenvalue weighted by atomic mass is 9.81. The molecule has 105 valence electrons. The summed E-state index contributed by atoms with van der Waals surface area (Å²) in [4.78, 5) is 1.28. The Morgan fingerprint density at radius 3 is 1.84 bits per heavy atom. The van der Waals surface area contributed by atoms with Crippen LogP contribution in [0.1, 0.15) is 52.7 Å². The van der Waals surface area contributed by atoms with Gasteiger partial charge in [-0.05, 0) is 40.3 Å². The summed E-state index contributed by atoms with van der Waals surface area (Å²) in [7, 11) is 0. The van der Waals surface area contributed by atoms with Crippen LogP contribution in [0.2, 0.25) is 0 Å². The largest absolute Gasteiger partial charge is 0.560 e. The number of thioether (sulfide) groups is 1. The second kappa shape index (κ2) is 8.67. The van der Waals surface area contributed by atoms with E-state index in [0.717, 1.165) is 0 Å². The molecular weight excluding hydrogens is 396 g/mol. The molecule has 0 unspecified atom stereocenters. The minimum atomic E-state index is 0.0417. The lowest BCUT2D eigenvalue weighted by molar-refractivity contribution is 0.559. The Hall–Kier alpha value is 1.30. The Morgan fingerprint density at radius 1 is 1.05 bits per heavy atom. The fourth-order valence-electron chi connectivity index (χ4n) is 1.64. The second-order valence-corrected chi connectivity index (χ2v) is 15.3. The molecule has 19 heavy (non-hydrogen) atoms. The van der Waals surface area contributed by atoms with E-state index in [9.17, 15) is 0 Å². The molecule has 0 saturated heterocycles. The molecule has 0 aromatic heterocycles. The zero-order valence-corrected chi connectivity index (χ0v) is 18.4. The molecular formula is C15H23Br2MgS. The Balaban J connectivity index is 0.000000982. The molecule has 1 radical (unpaired) electrons. The van der Waals surface area contributed by atoms with Gasteiger partial charge in [0.2, 0.25) is 0 Å². The molecule has 0 bridgehead atoms. The SMILES string of the molecule is CSc1[c]cc(C(C)(C)C)cc1C(C)(C)C.[Br][Mg][Br]. The standard InChI is InChI=1S/C15H23S.2BrH.Mg/c1-14(2,3)11-8-9-13(16-7)12(10-11)15(4,5)6;;;/h8,10H,1-7H3;2*1H;/q;;;+2/p-2. The van der Waals surface area contributed by atoms with Gasteiger partial charge >= 0.3 is 16.0 Å². The van der Waals surface area contributed by atoms with Crippen molar-refractivity contribution in [3.63, 3.8) is 0 Å². The monoisotopic (exact) mass is 417 g/mol. The van der Waals surface area contributed by atoms with E-state index >= 15 is 0 Å². The lowest BCUT2D eigenvalue weighted by Gasteiger charge is -2.26. The maximum Gasteiger partial charge on any atom is 0.560 e. The minimum Gasteiger partial charge on any atom is -0.280 e. The van der Waals surface area contributed by atoms with Crippen molar-refractivity contribution < 1.29 is 0 Å². The van der Waals surface area contributed by atoms with Crippen LogP contribution in [0, 0.1) is 6.07 Å². The molecule has 0 saturated carbocycles. The molecule has 0 aliphatic carbocycles. The number of benzene rings is 1. The zero-order chi connectivity index (χ0) is 15.3. The first-order chi connectivity index (χ1) is 8.57. The van der Waals surface area contributed by atoms with Gasteiger partial charge in [0.25, 0.3) is 0 Å². The average Bonchev–Trinajstić information content (AvgIpc) is 2.27. The molecule has 0 aliphatic heterocycles. The van der Waals surface area contributed by atoms with Crippen molar-refractivity contribution >= 4 is 53.6 Å². The molecule has 1 aromatic rings. The summed E-state index contributed by atoms with van der Waals surface area (Å²) in [5.41, 5.74) is 3.17. The van der Waals surface area contributed by atoms with Crippen molar-refractivity contribution in [3.05, 3.63) is 29.3 Å². The van der Waals surface area contributed by atoms with Gasteiger partial charge in [-0.15, -0.1) is 11.8 Å². The molecule has 4 heteroatoms. The van der Waals surface area contributed by atoms with E-state index in [1.54, 1.807) is 11.8 Å². The highest BCUT2D eigenvalue weighted by Crippen LogP contribution is 2.34. The van der Waals surface area contributed by atoms with Crippen LogP contribution in [0.3, 0.4) is 0 Å². The lowest BCUT2D eigenvalue weighted by Crippen LogP contribution is -2.17. The van der Waals surface area contributed by atoms with Gasteiger partial charge in [0.1, 0.15) is 0 Å². The van der Waals surface area contributed by atoms with E-state index in [4.69, 9.17) is 0 Å². The molecule has 0 heterocycles. The van der Waals surface area contributed by atoms with Crippen LogP contribution in [0.25, 0.3) is 0 Å². The van der Waals surface area contributed by atoms with Crippen LogP contribution in [0.5, 0.6) is 0 Å². The minimum absolute atomic E-state index is 0.0417. The molecule has 1 rings (SSSR count). The third kappa shape index (κ3) is 7.21. The van der Waals surface area contributed by atoms with Crippen LogP contribution < -0.4 is 0 Å². The summed E-state index contributed by atoms with van der Waals surface area (Å²) in [6, 6.07) is 7.92. The molecule has 0 aliphatic rings. The normalized spacial score (nSPS) is 11.4. The van der Waals surface area contributed by atoms with Gasteiger partial charge < -0.3 is 0 Å². The highest BCUT2D eigenvalue weighted by atomic mass is 79.9. The number of halogens is 2. The Kier molecular flexibility index (Phi) is 9.26. The number of hydrogen-bond acceptors (Lipinski definition) is 1. The van der Waals surface area contributed by atoms with E-state index in [0.29, 0.717) is 0 Å². The Labute approximate surface area is 145 Å². The van der Waals surface area contributed by atoms with Crippen molar-refractivity contribution in [2.45, 2.75) is 57.3 Å². The van der Waals surface area contributed by atoms with E-state index < -0.39 is 0 Å². The van der Waals surface area contributed by atoms with Gasteiger partial charge in [0.15, 0.2) is 0 Å². The van der Waals surface area contributed by atoms with E-state index in [1.165, 1.54) is 16.0 Å². The first kappa shape index (κ1) is 20.3. The molecule has 0 amide bonds. The van der Waals surface area contributed by atoms with Gasteiger partial charge in [0.05, 0.1) is 0 Å². The van der Waals surface area contributed by atoms with E-state index in [-0.39, 0.29) is 26.9 Å². The first-order valence-corrected chi connectivity index (χ1v) is 15.3. The summed E-state index contributed by atoms with van der Waals surface area (Å²) < 4.78 is 0. The predicted octanol–water partition coefficient (Wildman–Crippen LogP) is 6.11. The third-order valence-electron chi connectivity index (χ3n) is 2.78. The fourth-order valence-corrected chi connectivity index (χ4v) is 2.40. The summed E-state index contributed by atoms with van der Waals surface area (Å²) in [6.45, 7) is 13.6. The highest BCUT2D eigenvalue weighted by molar-refractivity contribution is 9.47. The molecule has 1 aromatic carbocycles. The van der Waals surface area contributed by atoms with Crippen molar-refractivity contribution in [2.75, 3.05) is 6.26 Å². The van der Waals surface area contributed by atoms with Crippen molar-refractivity contribution in [2.24, 2.45) is 0 Å². The summed E-state index contributed by atoms with van der Waals surface area (Å²) in [5, 5.41) is 0. The summed E-state index contributed by atoms with van der Waals surface area (Å²) in [6.07, 6.45) is 2.12. The van der Waals surface area contributed by atoms with Crippen molar-refractivity contribution in [1.82, 2.24) is 0 Å². The van der Waals surface area contributed by atoms with Crippen molar-refractivity contribution in [3.8, 4) is 0 Å². The van der Waals surface area contributed by atoms with E-state index in [2.05, 4.69) is 91.8 Å². The quantitative estimate of drug-likeness (QED) is 0.391. The molecule has 0 atom stereocenters. The van der Waals surface area contributed by atoms with Crippen LogP contribution in [0.4, 0.5) is 0 Å². The maximum atomic E-state index is 3.43. The zero-order valence-electron chi connectivity index (χ0n) is 13.0. The van der Waals surface area contributed by atoms with Gasteiger partial charge in [-0.1, -0.05) is 47.6 Å².